The number of carbonyl (C=O) groups excluding carboxylic acids is 1. The Bertz CT molecular complexity index is 1100. The molecule has 188 valence electrons. The topological polar surface area (TPSA) is 76.2 Å². The van der Waals surface area contributed by atoms with Crippen molar-refractivity contribution in [3.05, 3.63) is 29.4 Å². The third-order valence-electron chi connectivity index (χ3n) is 8.46. The summed E-state index contributed by atoms with van der Waals surface area (Å²) in [6, 6.07) is 6.37. The monoisotopic (exact) mass is 500 g/mol. The van der Waals surface area contributed by atoms with Crippen LogP contribution in [0.15, 0.2) is 24.4 Å². The number of nitrogens with one attached hydrogen (secondary N) is 1. The van der Waals surface area contributed by atoms with Crippen molar-refractivity contribution in [1.29, 1.82) is 0 Å². The van der Waals surface area contributed by atoms with Gasteiger partial charge in [0, 0.05) is 64.0 Å². The van der Waals surface area contributed by atoms with Crippen LogP contribution in [0, 0.1) is 11.3 Å². The summed E-state index contributed by atoms with van der Waals surface area (Å²) in [5, 5.41) is 5.78. The number of anilines is 2. The molecule has 8 nitrogen and oxygen atoms in total. The van der Waals surface area contributed by atoms with Crippen LogP contribution < -0.4 is 10.2 Å². The molecule has 9 heteroatoms. The van der Waals surface area contributed by atoms with Gasteiger partial charge in [-0.15, -0.1) is 0 Å². The lowest BCUT2D eigenvalue weighted by Crippen LogP contribution is -2.54. The smallest absolute Gasteiger partial charge is 0.229 e. The zero-order valence-electron chi connectivity index (χ0n) is 20.2. The Kier molecular flexibility index (Phi) is 6.35. The minimum atomic E-state index is 0.0731. The molecule has 1 spiro atoms. The zero-order valence-corrected chi connectivity index (χ0v) is 20.9. The number of aromatic nitrogens is 1. The first-order valence-electron chi connectivity index (χ1n) is 12.6. The number of rotatable bonds is 5. The van der Waals surface area contributed by atoms with Crippen LogP contribution in [0.1, 0.15) is 19.3 Å². The number of hydrogen-bond acceptors (Lipinski definition) is 7. The van der Waals surface area contributed by atoms with E-state index in [1.807, 2.05) is 12.1 Å². The summed E-state index contributed by atoms with van der Waals surface area (Å²) >= 11 is 6.70. The summed E-state index contributed by atoms with van der Waals surface area (Å²) < 4.78 is 16.7. The largest absolute Gasteiger partial charge is 0.381 e. The standard InChI is InChI=1S/C26H33ClN4O4/c1-33-23-16-35-15-22(23)31-6-4-30(5-7-31)21-11-17-12-24(28-14-18(17)10-20(21)27)29-25(32)19-13-26(19)2-8-34-9-3-26/h10-12,14,19,22-23H,2-9,13,15-16H2,1H3,(H,28,29,32)/t19-,22-,23-/m0/s1. The first kappa shape index (κ1) is 23.4. The summed E-state index contributed by atoms with van der Waals surface area (Å²) in [5.41, 5.74) is 1.17. The molecule has 4 fully saturated rings. The number of carbonyl (C=O) groups is 1. The summed E-state index contributed by atoms with van der Waals surface area (Å²) in [4.78, 5) is 22.2. The summed E-state index contributed by atoms with van der Waals surface area (Å²) in [7, 11) is 1.76. The number of ether oxygens (including phenoxy) is 3. The van der Waals surface area contributed by atoms with E-state index in [0.717, 1.165) is 86.7 Å². The number of hydrogen-bond donors (Lipinski definition) is 1. The number of nitrogens with zero attached hydrogens (tertiary/aromatic N) is 3. The van der Waals surface area contributed by atoms with E-state index >= 15 is 0 Å². The van der Waals surface area contributed by atoms with Gasteiger partial charge in [0.05, 0.1) is 36.1 Å². The molecule has 3 saturated heterocycles. The molecule has 0 radical (unpaired) electrons. The number of benzene rings is 1. The molecule has 6 rings (SSSR count). The van der Waals surface area contributed by atoms with Gasteiger partial charge in [0.15, 0.2) is 0 Å². The molecule has 4 aliphatic rings. The second-order valence-corrected chi connectivity index (χ2v) is 10.8. The minimum absolute atomic E-state index is 0.0731. The highest BCUT2D eigenvalue weighted by Gasteiger charge is 2.58. The van der Waals surface area contributed by atoms with E-state index in [1.54, 1.807) is 13.3 Å². The average Bonchev–Trinajstić information content (AvgIpc) is 3.34. The molecule has 1 amide bonds. The molecule has 1 N–H and O–H groups in total. The van der Waals surface area contributed by atoms with Gasteiger partial charge in [-0.2, -0.15) is 0 Å². The summed E-state index contributed by atoms with van der Waals surface area (Å²) in [6.45, 7) is 6.57. The van der Waals surface area contributed by atoms with E-state index in [1.165, 1.54) is 0 Å². The molecular formula is C26H33ClN4O4. The molecule has 4 heterocycles. The predicted octanol–water partition coefficient (Wildman–Crippen LogP) is 3.18. The summed E-state index contributed by atoms with van der Waals surface area (Å²) in [6.07, 6.45) is 4.85. The normalized spacial score (nSPS) is 28.5. The van der Waals surface area contributed by atoms with Crippen molar-refractivity contribution in [2.24, 2.45) is 11.3 Å². The Hall–Kier alpha value is -1.97. The lowest BCUT2D eigenvalue weighted by molar-refractivity contribution is -0.118. The SMILES string of the molecule is CO[C@H]1COC[C@@H]1N1CCN(c2cc3cc(NC(=O)[C@@H]4CC45CCOCC5)ncc3cc2Cl)CC1. The lowest BCUT2D eigenvalue weighted by Gasteiger charge is -2.40. The number of halogens is 1. The maximum Gasteiger partial charge on any atom is 0.229 e. The van der Waals surface area contributed by atoms with Gasteiger partial charge in [0.1, 0.15) is 5.82 Å². The molecule has 1 aromatic carbocycles. The van der Waals surface area contributed by atoms with Crippen molar-refractivity contribution in [3.63, 3.8) is 0 Å². The Morgan fingerprint density at radius 3 is 2.69 bits per heavy atom. The molecule has 3 atom stereocenters. The van der Waals surface area contributed by atoms with Crippen LogP contribution in [0.5, 0.6) is 0 Å². The van der Waals surface area contributed by atoms with E-state index in [9.17, 15) is 4.79 Å². The van der Waals surface area contributed by atoms with Crippen LogP contribution in [0.4, 0.5) is 11.5 Å². The van der Waals surface area contributed by atoms with Gasteiger partial charge < -0.3 is 24.4 Å². The van der Waals surface area contributed by atoms with E-state index in [0.29, 0.717) is 18.5 Å². The molecule has 0 unspecified atom stereocenters. The third-order valence-corrected chi connectivity index (χ3v) is 8.76. The van der Waals surface area contributed by atoms with E-state index < -0.39 is 0 Å². The average molecular weight is 501 g/mol. The van der Waals surface area contributed by atoms with Crippen LogP contribution >= 0.6 is 11.6 Å². The Morgan fingerprint density at radius 2 is 1.91 bits per heavy atom. The van der Waals surface area contributed by atoms with Gasteiger partial charge in [0.25, 0.3) is 0 Å². The first-order valence-corrected chi connectivity index (χ1v) is 13.0. The number of pyridine rings is 1. The number of fused-ring (bicyclic) bond motifs is 1. The van der Waals surface area contributed by atoms with Crippen molar-refractivity contribution >= 4 is 39.8 Å². The van der Waals surface area contributed by atoms with Crippen LogP contribution in [0.2, 0.25) is 5.02 Å². The van der Waals surface area contributed by atoms with Gasteiger partial charge in [-0.1, -0.05) is 11.6 Å². The summed E-state index contributed by atoms with van der Waals surface area (Å²) in [5.74, 6) is 0.750. The van der Waals surface area contributed by atoms with Crippen LogP contribution in [-0.2, 0) is 19.0 Å². The maximum atomic E-state index is 12.9. The van der Waals surface area contributed by atoms with Crippen LogP contribution in [-0.4, -0.2) is 87.7 Å². The molecule has 2 aromatic rings. The van der Waals surface area contributed by atoms with Crippen molar-refractivity contribution < 1.29 is 19.0 Å². The Labute approximate surface area is 210 Å². The molecule has 3 aliphatic heterocycles. The third kappa shape index (κ3) is 4.51. The molecular weight excluding hydrogens is 468 g/mol. The van der Waals surface area contributed by atoms with Crippen LogP contribution in [0.3, 0.4) is 0 Å². The second kappa shape index (κ2) is 9.48. The first-order chi connectivity index (χ1) is 17.1. The molecule has 35 heavy (non-hydrogen) atoms. The van der Waals surface area contributed by atoms with E-state index in [-0.39, 0.29) is 23.3 Å². The zero-order chi connectivity index (χ0) is 24.0. The van der Waals surface area contributed by atoms with Crippen molar-refractivity contribution in [3.8, 4) is 0 Å². The maximum absolute atomic E-state index is 12.9. The molecule has 1 aliphatic carbocycles. The molecule has 0 bridgehead atoms. The van der Waals surface area contributed by atoms with Gasteiger partial charge in [-0.25, -0.2) is 4.98 Å². The van der Waals surface area contributed by atoms with Gasteiger partial charge in [0.2, 0.25) is 5.91 Å². The van der Waals surface area contributed by atoms with Crippen molar-refractivity contribution in [2.75, 3.05) is 69.9 Å². The number of piperazine rings is 1. The van der Waals surface area contributed by atoms with E-state index in [4.69, 9.17) is 25.8 Å². The predicted molar refractivity (Wildman–Crippen MR) is 135 cm³/mol. The molecule has 1 saturated carbocycles. The fourth-order valence-corrected chi connectivity index (χ4v) is 6.40. The van der Waals surface area contributed by atoms with Gasteiger partial charge >= 0.3 is 0 Å². The highest BCUT2D eigenvalue weighted by Crippen LogP contribution is 2.59. The fraction of sp³-hybridized carbons (Fsp3) is 0.615. The fourth-order valence-electron chi connectivity index (χ4n) is 6.11. The second-order valence-electron chi connectivity index (χ2n) is 10.3. The van der Waals surface area contributed by atoms with Crippen molar-refractivity contribution in [1.82, 2.24) is 9.88 Å². The number of methoxy groups -OCH3 is 1. The quantitative estimate of drug-likeness (QED) is 0.675. The molecule has 1 aromatic heterocycles. The van der Waals surface area contributed by atoms with Crippen LogP contribution in [0.25, 0.3) is 10.8 Å². The Morgan fingerprint density at radius 1 is 1.11 bits per heavy atom. The lowest BCUT2D eigenvalue weighted by atomic mass is 9.93. The highest BCUT2D eigenvalue weighted by atomic mass is 35.5. The highest BCUT2D eigenvalue weighted by molar-refractivity contribution is 6.34. The van der Waals surface area contributed by atoms with Gasteiger partial charge in [-0.3, -0.25) is 9.69 Å². The van der Waals surface area contributed by atoms with Gasteiger partial charge in [-0.05, 0) is 48.3 Å². The van der Waals surface area contributed by atoms with Crippen molar-refractivity contribution in [2.45, 2.75) is 31.4 Å². The Balaban J connectivity index is 1.14. The minimum Gasteiger partial charge on any atom is -0.381 e. The van der Waals surface area contributed by atoms with E-state index in [2.05, 4.69) is 26.2 Å². The number of amides is 1.